The summed E-state index contributed by atoms with van der Waals surface area (Å²) >= 11 is 0. The van der Waals surface area contributed by atoms with E-state index in [0.29, 0.717) is 29.5 Å². The van der Waals surface area contributed by atoms with Crippen LogP contribution in [-0.2, 0) is 9.59 Å². The first-order valence-electron chi connectivity index (χ1n) is 10.9. The maximum Gasteiger partial charge on any atom is 0.228 e. The molecule has 7 heteroatoms. The minimum atomic E-state index is -0.327. The Bertz CT molecular complexity index is 733. The van der Waals surface area contributed by atoms with E-state index in [-0.39, 0.29) is 30.2 Å². The minimum absolute atomic E-state index is 0.0614. The van der Waals surface area contributed by atoms with Crippen LogP contribution in [0.5, 0.6) is 17.2 Å². The summed E-state index contributed by atoms with van der Waals surface area (Å²) < 4.78 is 16.2. The summed E-state index contributed by atoms with van der Waals surface area (Å²) in [4.78, 5) is 29.5. The highest BCUT2D eigenvalue weighted by Crippen LogP contribution is 2.42. The van der Waals surface area contributed by atoms with Gasteiger partial charge in [0.1, 0.15) is 0 Å². The van der Waals surface area contributed by atoms with E-state index in [1.165, 1.54) is 32.1 Å². The first-order chi connectivity index (χ1) is 14.5. The lowest BCUT2D eigenvalue weighted by molar-refractivity contribution is -0.137. The predicted molar refractivity (Wildman–Crippen MR) is 115 cm³/mol. The molecule has 0 aromatic heterocycles. The van der Waals surface area contributed by atoms with Crippen LogP contribution in [0.3, 0.4) is 0 Å². The van der Waals surface area contributed by atoms with Crippen LogP contribution in [-0.4, -0.2) is 57.7 Å². The zero-order valence-corrected chi connectivity index (χ0v) is 18.6. The van der Waals surface area contributed by atoms with Crippen molar-refractivity contribution in [2.75, 3.05) is 39.8 Å². The van der Waals surface area contributed by atoms with E-state index in [2.05, 4.69) is 0 Å². The molecule has 1 aliphatic heterocycles. The van der Waals surface area contributed by atoms with E-state index in [4.69, 9.17) is 14.2 Å². The number of methoxy groups -OCH3 is 3. The van der Waals surface area contributed by atoms with Crippen LogP contribution in [0.15, 0.2) is 12.1 Å². The largest absolute Gasteiger partial charge is 0.493 e. The molecule has 0 spiro atoms. The number of anilines is 1. The van der Waals surface area contributed by atoms with Crippen LogP contribution < -0.4 is 19.1 Å². The van der Waals surface area contributed by atoms with Gasteiger partial charge in [-0.1, -0.05) is 32.1 Å². The second-order valence-electron chi connectivity index (χ2n) is 8.24. The Morgan fingerprint density at radius 2 is 1.53 bits per heavy atom. The van der Waals surface area contributed by atoms with Crippen molar-refractivity contribution in [3.8, 4) is 17.2 Å². The molecule has 3 rings (SSSR count). The molecule has 1 aromatic carbocycles. The number of amides is 2. The molecule has 1 aliphatic carbocycles. The molecule has 2 fully saturated rings. The smallest absolute Gasteiger partial charge is 0.228 e. The van der Waals surface area contributed by atoms with Crippen molar-refractivity contribution in [3.63, 3.8) is 0 Å². The number of benzene rings is 1. The summed E-state index contributed by atoms with van der Waals surface area (Å²) in [5.74, 6) is 1.14. The van der Waals surface area contributed by atoms with E-state index in [9.17, 15) is 9.59 Å². The maximum atomic E-state index is 13.2. The lowest BCUT2D eigenvalue weighted by Gasteiger charge is -2.31. The van der Waals surface area contributed by atoms with Gasteiger partial charge in [-0.2, -0.15) is 0 Å². The summed E-state index contributed by atoms with van der Waals surface area (Å²) in [5.41, 5.74) is 0.651. The number of carbonyl (C=O) groups excluding carboxylic acids is 2. The van der Waals surface area contributed by atoms with Crippen LogP contribution in [0.2, 0.25) is 0 Å². The molecule has 1 saturated heterocycles. The zero-order valence-electron chi connectivity index (χ0n) is 18.6. The summed E-state index contributed by atoms with van der Waals surface area (Å²) in [5, 5.41) is 0. The molecule has 1 heterocycles. The van der Waals surface area contributed by atoms with Crippen molar-refractivity contribution in [1.82, 2.24) is 4.90 Å². The number of hydrogen-bond donors (Lipinski definition) is 0. The van der Waals surface area contributed by atoms with Gasteiger partial charge in [0.05, 0.1) is 32.9 Å². The van der Waals surface area contributed by atoms with Crippen LogP contribution in [0.1, 0.15) is 51.4 Å². The highest BCUT2D eigenvalue weighted by Gasteiger charge is 2.38. The van der Waals surface area contributed by atoms with Gasteiger partial charge in [0.25, 0.3) is 0 Å². The Hall–Kier alpha value is -2.44. The number of carbonyl (C=O) groups is 2. The SMILES string of the molecule is COc1cc(N2CC(C(=O)N(C)C3CCCCCCC3)CC2=O)cc(OC)c1OC. The fourth-order valence-corrected chi connectivity index (χ4v) is 4.64. The van der Waals surface area contributed by atoms with Crippen molar-refractivity contribution < 1.29 is 23.8 Å². The topological polar surface area (TPSA) is 68.3 Å². The maximum absolute atomic E-state index is 13.2. The van der Waals surface area contributed by atoms with Crippen LogP contribution >= 0.6 is 0 Å². The fraction of sp³-hybridized carbons (Fsp3) is 0.652. The molecule has 2 amide bonds. The normalized spacial score (nSPS) is 20.5. The van der Waals surface area contributed by atoms with Gasteiger partial charge in [-0.25, -0.2) is 0 Å². The van der Waals surface area contributed by atoms with Gasteiger partial charge in [-0.3, -0.25) is 9.59 Å². The van der Waals surface area contributed by atoms with Crippen molar-refractivity contribution in [2.24, 2.45) is 5.92 Å². The van der Waals surface area contributed by atoms with Gasteiger partial charge >= 0.3 is 0 Å². The number of ether oxygens (including phenoxy) is 3. The Balaban J connectivity index is 1.75. The Labute approximate surface area is 179 Å². The molecule has 0 radical (unpaired) electrons. The highest BCUT2D eigenvalue weighted by molar-refractivity contribution is 6.00. The van der Waals surface area contributed by atoms with Crippen molar-refractivity contribution in [1.29, 1.82) is 0 Å². The average molecular weight is 419 g/mol. The molecule has 1 aromatic rings. The van der Waals surface area contributed by atoms with Crippen molar-refractivity contribution in [3.05, 3.63) is 12.1 Å². The van der Waals surface area contributed by atoms with Gasteiger partial charge in [-0.15, -0.1) is 0 Å². The Morgan fingerprint density at radius 3 is 2.07 bits per heavy atom. The van der Waals surface area contributed by atoms with E-state index < -0.39 is 0 Å². The highest BCUT2D eigenvalue weighted by atomic mass is 16.5. The molecule has 2 aliphatic rings. The lowest BCUT2D eigenvalue weighted by Crippen LogP contribution is -2.41. The first kappa shape index (κ1) is 22.2. The monoisotopic (exact) mass is 418 g/mol. The van der Waals surface area contributed by atoms with Crippen LogP contribution in [0.25, 0.3) is 0 Å². The van der Waals surface area contributed by atoms with Gasteiger partial charge in [-0.05, 0) is 12.8 Å². The van der Waals surface area contributed by atoms with Crippen LogP contribution in [0, 0.1) is 5.92 Å². The third-order valence-electron chi connectivity index (χ3n) is 6.41. The number of hydrogen-bond acceptors (Lipinski definition) is 5. The molecule has 0 bridgehead atoms. The van der Waals surface area contributed by atoms with Crippen LogP contribution in [0.4, 0.5) is 5.69 Å². The number of nitrogens with zero attached hydrogens (tertiary/aromatic N) is 2. The Kier molecular flexibility index (Phi) is 7.45. The third kappa shape index (κ3) is 4.65. The van der Waals surface area contributed by atoms with E-state index >= 15 is 0 Å². The third-order valence-corrected chi connectivity index (χ3v) is 6.41. The molecular weight excluding hydrogens is 384 g/mol. The van der Waals surface area contributed by atoms with Gasteiger partial charge in [0, 0.05) is 38.2 Å². The van der Waals surface area contributed by atoms with Crippen molar-refractivity contribution in [2.45, 2.75) is 57.4 Å². The molecule has 166 valence electrons. The second-order valence-corrected chi connectivity index (χ2v) is 8.24. The fourth-order valence-electron chi connectivity index (χ4n) is 4.64. The summed E-state index contributed by atoms with van der Waals surface area (Å²) in [7, 11) is 6.54. The number of rotatable bonds is 6. The van der Waals surface area contributed by atoms with Gasteiger partial charge in [0.2, 0.25) is 17.6 Å². The molecular formula is C23H34N2O5. The molecule has 1 unspecified atom stereocenters. The standard InChI is InChI=1S/C23H34N2O5/c1-24(17-10-8-6-5-7-9-11-17)23(27)16-12-21(26)25(15-16)18-13-19(28-2)22(30-4)20(14-18)29-3/h13-14,16-17H,5-12,15H2,1-4H3. The van der Waals surface area contributed by atoms with E-state index in [0.717, 1.165) is 12.8 Å². The molecule has 1 saturated carbocycles. The zero-order chi connectivity index (χ0) is 21.7. The quantitative estimate of drug-likeness (QED) is 0.706. The predicted octanol–water partition coefficient (Wildman–Crippen LogP) is 3.64. The molecule has 0 N–H and O–H groups in total. The second kappa shape index (κ2) is 10.0. The molecule has 1 atom stereocenters. The van der Waals surface area contributed by atoms with Crippen molar-refractivity contribution >= 4 is 17.5 Å². The average Bonchev–Trinajstić information content (AvgIpc) is 3.13. The minimum Gasteiger partial charge on any atom is -0.493 e. The van der Waals surface area contributed by atoms with E-state index in [1.54, 1.807) is 38.4 Å². The summed E-state index contributed by atoms with van der Waals surface area (Å²) in [6, 6.07) is 3.79. The molecule has 7 nitrogen and oxygen atoms in total. The summed E-state index contributed by atoms with van der Waals surface area (Å²) in [6.45, 7) is 0.368. The molecule has 30 heavy (non-hydrogen) atoms. The van der Waals surface area contributed by atoms with Gasteiger partial charge in [0.15, 0.2) is 11.5 Å². The summed E-state index contributed by atoms with van der Waals surface area (Å²) in [6.07, 6.45) is 8.47. The lowest BCUT2D eigenvalue weighted by atomic mass is 9.95. The first-order valence-corrected chi connectivity index (χ1v) is 10.9. The van der Waals surface area contributed by atoms with Gasteiger partial charge < -0.3 is 24.0 Å². The van der Waals surface area contributed by atoms with E-state index in [1.807, 2.05) is 11.9 Å². The Morgan fingerprint density at radius 1 is 0.967 bits per heavy atom.